The number of hydrogen-bond donors (Lipinski definition) is 0. The first-order valence-corrected chi connectivity index (χ1v) is 6.03. The van der Waals surface area contributed by atoms with Crippen LogP contribution in [0, 0.1) is 13.8 Å². The lowest BCUT2D eigenvalue weighted by Crippen LogP contribution is -1.88. The molecule has 0 saturated carbocycles. The molecule has 0 aliphatic rings. The van der Waals surface area contributed by atoms with E-state index < -0.39 is 0 Å². The van der Waals surface area contributed by atoms with Gasteiger partial charge in [-0.25, -0.2) is 9.97 Å². The van der Waals surface area contributed by atoms with Crippen molar-refractivity contribution in [2.45, 2.75) is 13.8 Å². The molecule has 0 bridgehead atoms. The van der Waals surface area contributed by atoms with Crippen LogP contribution >= 0.6 is 0 Å². The number of aryl methyl sites for hydroxylation is 2. The summed E-state index contributed by atoms with van der Waals surface area (Å²) in [7, 11) is 0. The Kier molecular flexibility index (Phi) is 2.56. The van der Waals surface area contributed by atoms with Crippen molar-refractivity contribution in [3.8, 4) is 11.1 Å². The molecular weight excluding hydrogens is 220 g/mol. The van der Waals surface area contributed by atoms with Crippen LogP contribution in [0.4, 0.5) is 0 Å². The first-order chi connectivity index (χ1) is 8.72. The molecule has 0 atom stereocenters. The molecule has 0 amide bonds. The van der Waals surface area contributed by atoms with Crippen LogP contribution in [0.25, 0.3) is 22.0 Å². The van der Waals surface area contributed by atoms with Crippen molar-refractivity contribution >= 4 is 10.9 Å². The summed E-state index contributed by atoms with van der Waals surface area (Å²) in [6, 6.07) is 14.9. The fourth-order valence-electron chi connectivity index (χ4n) is 2.05. The Hall–Kier alpha value is -2.22. The van der Waals surface area contributed by atoms with Crippen LogP contribution in [0.5, 0.6) is 0 Å². The molecule has 0 aliphatic carbocycles. The van der Waals surface area contributed by atoms with Gasteiger partial charge in [-0.3, -0.25) is 0 Å². The lowest BCUT2D eigenvalue weighted by molar-refractivity contribution is 1.09. The Balaban J connectivity index is 2.13. The van der Waals surface area contributed by atoms with Crippen LogP contribution < -0.4 is 0 Å². The third kappa shape index (κ3) is 1.97. The summed E-state index contributed by atoms with van der Waals surface area (Å²) < 4.78 is 0. The molecule has 0 fully saturated rings. The Morgan fingerprint density at radius 3 is 2.33 bits per heavy atom. The molecule has 0 saturated heterocycles. The first kappa shape index (κ1) is 10.9. The highest BCUT2D eigenvalue weighted by molar-refractivity contribution is 5.83. The van der Waals surface area contributed by atoms with Crippen LogP contribution in [-0.4, -0.2) is 9.97 Å². The minimum Gasteiger partial charge on any atom is -0.241 e. The summed E-state index contributed by atoms with van der Waals surface area (Å²) >= 11 is 0. The quantitative estimate of drug-likeness (QED) is 0.638. The second kappa shape index (κ2) is 4.22. The second-order valence-corrected chi connectivity index (χ2v) is 4.56. The van der Waals surface area contributed by atoms with E-state index in [0.717, 1.165) is 16.7 Å². The molecular formula is C16H14N2. The lowest BCUT2D eigenvalue weighted by atomic mass is 10.0. The van der Waals surface area contributed by atoms with E-state index in [1.807, 2.05) is 13.1 Å². The predicted molar refractivity (Wildman–Crippen MR) is 74.4 cm³/mol. The number of hydrogen-bond acceptors (Lipinski definition) is 2. The van der Waals surface area contributed by atoms with E-state index in [1.54, 1.807) is 0 Å². The SMILES string of the molecule is Cc1ccc(-c2ccc3nc(C)ncc3c2)cc1. The topological polar surface area (TPSA) is 25.8 Å². The summed E-state index contributed by atoms with van der Waals surface area (Å²) in [5.74, 6) is 0.811. The van der Waals surface area contributed by atoms with Gasteiger partial charge >= 0.3 is 0 Å². The predicted octanol–water partition coefficient (Wildman–Crippen LogP) is 3.91. The minimum atomic E-state index is 0.811. The maximum Gasteiger partial charge on any atom is 0.125 e. The van der Waals surface area contributed by atoms with Gasteiger partial charge in [0.25, 0.3) is 0 Å². The van der Waals surface area contributed by atoms with Gasteiger partial charge in [-0.1, -0.05) is 35.9 Å². The fourth-order valence-corrected chi connectivity index (χ4v) is 2.05. The zero-order chi connectivity index (χ0) is 12.5. The van der Waals surface area contributed by atoms with E-state index in [0.29, 0.717) is 0 Å². The van der Waals surface area contributed by atoms with Crippen molar-refractivity contribution in [3.63, 3.8) is 0 Å². The summed E-state index contributed by atoms with van der Waals surface area (Å²) in [5, 5.41) is 1.08. The van der Waals surface area contributed by atoms with Crippen molar-refractivity contribution in [2.75, 3.05) is 0 Å². The van der Waals surface area contributed by atoms with Crippen molar-refractivity contribution in [2.24, 2.45) is 0 Å². The number of nitrogens with zero attached hydrogens (tertiary/aromatic N) is 2. The molecule has 3 rings (SSSR count). The maximum absolute atomic E-state index is 4.41. The zero-order valence-electron chi connectivity index (χ0n) is 10.5. The Labute approximate surface area is 106 Å². The van der Waals surface area contributed by atoms with E-state index in [4.69, 9.17) is 0 Å². The number of aromatic nitrogens is 2. The van der Waals surface area contributed by atoms with Gasteiger partial charge in [0, 0.05) is 11.6 Å². The molecule has 2 nitrogen and oxygen atoms in total. The number of benzene rings is 2. The van der Waals surface area contributed by atoms with Gasteiger partial charge in [-0.2, -0.15) is 0 Å². The van der Waals surface area contributed by atoms with Gasteiger partial charge in [0.05, 0.1) is 5.52 Å². The van der Waals surface area contributed by atoms with Crippen molar-refractivity contribution in [3.05, 3.63) is 60.0 Å². The number of fused-ring (bicyclic) bond motifs is 1. The summed E-state index contributed by atoms with van der Waals surface area (Å²) in [6.07, 6.45) is 1.88. The molecule has 3 aromatic rings. The van der Waals surface area contributed by atoms with Gasteiger partial charge in [0.15, 0.2) is 0 Å². The van der Waals surface area contributed by atoms with Crippen LogP contribution in [0.15, 0.2) is 48.7 Å². The average molecular weight is 234 g/mol. The molecule has 0 N–H and O–H groups in total. The lowest BCUT2D eigenvalue weighted by Gasteiger charge is -2.04. The van der Waals surface area contributed by atoms with Crippen LogP contribution in [0.1, 0.15) is 11.4 Å². The molecule has 0 unspecified atom stereocenters. The molecule has 1 heterocycles. The van der Waals surface area contributed by atoms with Gasteiger partial charge in [0.1, 0.15) is 5.82 Å². The highest BCUT2D eigenvalue weighted by atomic mass is 14.9. The molecule has 88 valence electrons. The highest BCUT2D eigenvalue weighted by Crippen LogP contribution is 2.23. The van der Waals surface area contributed by atoms with Gasteiger partial charge < -0.3 is 0 Å². The highest BCUT2D eigenvalue weighted by Gasteiger charge is 2.01. The van der Waals surface area contributed by atoms with Gasteiger partial charge in [-0.05, 0) is 37.1 Å². The summed E-state index contributed by atoms with van der Waals surface area (Å²) in [4.78, 5) is 8.66. The van der Waals surface area contributed by atoms with E-state index in [9.17, 15) is 0 Å². The molecule has 2 heteroatoms. The third-order valence-electron chi connectivity index (χ3n) is 3.09. The van der Waals surface area contributed by atoms with E-state index in [-0.39, 0.29) is 0 Å². The van der Waals surface area contributed by atoms with Crippen molar-refractivity contribution in [1.82, 2.24) is 9.97 Å². The largest absolute Gasteiger partial charge is 0.241 e. The van der Waals surface area contributed by atoms with E-state index in [2.05, 4.69) is 59.4 Å². The van der Waals surface area contributed by atoms with Gasteiger partial charge in [0.2, 0.25) is 0 Å². The maximum atomic E-state index is 4.41. The van der Waals surface area contributed by atoms with Crippen molar-refractivity contribution in [1.29, 1.82) is 0 Å². The van der Waals surface area contributed by atoms with Crippen LogP contribution in [-0.2, 0) is 0 Å². The summed E-state index contributed by atoms with van der Waals surface area (Å²) in [6.45, 7) is 4.01. The first-order valence-electron chi connectivity index (χ1n) is 6.03. The van der Waals surface area contributed by atoms with Crippen LogP contribution in [0.2, 0.25) is 0 Å². The van der Waals surface area contributed by atoms with Gasteiger partial charge in [-0.15, -0.1) is 0 Å². The fraction of sp³-hybridized carbons (Fsp3) is 0.125. The molecule has 0 spiro atoms. The molecule has 1 aromatic heterocycles. The monoisotopic (exact) mass is 234 g/mol. The average Bonchev–Trinajstić information content (AvgIpc) is 2.39. The summed E-state index contributed by atoms with van der Waals surface area (Å²) in [5.41, 5.74) is 4.70. The molecule has 2 aromatic carbocycles. The molecule has 18 heavy (non-hydrogen) atoms. The minimum absolute atomic E-state index is 0.811. The standard InChI is InChI=1S/C16H14N2/c1-11-3-5-13(6-4-11)14-7-8-16-15(9-14)10-17-12(2)18-16/h3-10H,1-2H3. The van der Waals surface area contributed by atoms with E-state index in [1.165, 1.54) is 16.7 Å². The zero-order valence-corrected chi connectivity index (χ0v) is 10.5. The van der Waals surface area contributed by atoms with E-state index >= 15 is 0 Å². The Morgan fingerprint density at radius 2 is 1.56 bits per heavy atom. The third-order valence-corrected chi connectivity index (χ3v) is 3.09. The second-order valence-electron chi connectivity index (χ2n) is 4.56. The molecule has 0 radical (unpaired) electrons. The normalized spacial score (nSPS) is 10.8. The Bertz CT molecular complexity index is 700. The Morgan fingerprint density at radius 1 is 0.833 bits per heavy atom. The number of rotatable bonds is 1. The van der Waals surface area contributed by atoms with Crippen LogP contribution in [0.3, 0.4) is 0 Å². The molecule has 0 aliphatic heterocycles. The smallest absolute Gasteiger partial charge is 0.125 e. The van der Waals surface area contributed by atoms with Crippen molar-refractivity contribution < 1.29 is 0 Å².